The zero-order chi connectivity index (χ0) is 13.4. The summed E-state index contributed by atoms with van der Waals surface area (Å²) < 4.78 is 5.11. The molecule has 0 fully saturated rings. The molecule has 0 saturated carbocycles. The minimum absolute atomic E-state index is 0.468. The van der Waals surface area contributed by atoms with Crippen LogP contribution >= 0.6 is 0 Å². The summed E-state index contributed by atoms with van der Waals surface area (Å²) in [6.45, 7) is 4.43. The normalized spacial score (nSPS) is 18.2. The smallest absolute Gasteiger partial charge is 0.147 e. The number of nitrogens with one attached hydrogen (secondary N) is 1. The van der Waals surface area contributed by atoms with E-state index in [2.05, 4.69) is 36.5 Å². The van der Waals surface area contributed by atoms with Crippen LogP contribution in [-0.4, -0.2) is 12.2 Å². The molecule has 3 nitrogen and oxygen atoms in total. The van der Waals surface area contributed by atoms with E-state index in [4.69, 9.17) is 4.52 Å². The Hall–Kier alpha value is -1.77. The number of aromatic nitrogens is 1. The Kier molecular flexibility index (Phi) is 3.05. The van der Waals surface area contributed by atoms with E-state index in [0.717, 1.165) is 30.6 Å². The number of anilines is 1. The Morgan fingerprint density at radius 1 is 1.32 bits per heavy atom. The van der Waals surface area contributed by atoms with Gasteiger partial charge in [0.25, 0.3) is 0 Å². The van der Waals surface area contributed by atoms with Crippen molar-refractivity contribution in [3.8, 4) is 0 Å². The van der Waals surface area contributed by atoms with Gasteiger partial charge in [-0.05, 0) is 55.4 Å². The van der Waals surface area contributed by atoms with Crippen LogP contribution in [0.15, 0.2) is 22.9 Å². The summed E-state index contributed by atoms with van der Waals surface area (Å²) in [6, 6.07) is 4.52. The minimum Gasteiger partial charge on any atom is -0.384 e. The number of hydrogen-bond acceptors (Lipinski definition) is 3. The Morgan fingerprint density at radius 3 is 2.95 bits per heavy atom. The van der Waals surface area contributed by atoms with Crippen LogP contribution in [0.25, 0.3) is 0 Å². The first-order valence-corrected chi connectivity index (χ1v) is 6.90. The molecule has 100 valence electrons. The first-order valence-electron chi connectivity index (χ1n) is 6.90. The van der Waals surface area contributed by atoms with Crippen LogP contribution in [-0.2, 0) is 12.8 Å². The number of nitrogens with zero attached hydrogens (tertiary/aromatic N) is 1. The lowest BCUT2D eigenvalue weighted by Gasteiger charge is -2.25. The van der Waals surface area contributed by atoms with Crippen molar-refractivity contribution >= 4 is 5.69 Å². The Bertz CT molecular complexity index is 601. The van der Waals surface area contributed by atoms with Crippen LogP contribution in [0.2, 0.25) is 0 Å². The van der Waals surface area contributed by atoms with Crippen molar-refractivity contribution < 1.29 is 4.52 Å². The third kappa shape index (κ3) is 2.03. The van der Waals surface area contributed by atoms with Gasteiger partial charge in [-0.2, -0.15) is 0 Å². The van der Waals surface area contributed by atoms with Gasteiger partial charge in [-0.1, -0.05) is 17.3 Å². The Labute approximate surface area is 114 Å². The predicted molar refractivity (Wildman–Crippen MR) is 76.7 cm³/mol. The molecule has 1 aliphatic carbocycles. The molecule has 1 N–H and O–H groups in total. The lowest BCUT2D eigenvalue weighted by molar-refractivity contribution is 0.399. The number of hydrogen-bond donors (Lipinski definition) is 1. The van der Waals surface area contributed by atoms with Gasteiger partial charge in [0.05, 0.1) is 5.69 Å². The maximum absolute atomic E-state index is 5.11. The molecule has 19 heavy (non-hydrogen) atoms. The van der Waals surface area contributed by atoms with E-state index in [1.54, 1.807) is 11.8 Å². The molecule has 1 aliphatic rings. The summed E-state index contributed by atoms with van der Waals surface area (Å²) in [5, 5.41) is 7.35. The molecule has 3 rings (SSSR count). The summed E-state index contributed by atoms with van der Waals surface area (Å²) in [6.07, 6.45) is 5.06. The third-order valence-corrected chi connectivity index (χ3v) is 4.43. The fourth-order valence-electron chi connectivity index (χ4n) is 3.12. The fourth-order valence-corrected chi connectivity index (χ4v) is 3.12. The molecule has 3 heteroatoms. The fraction of sp³-hybridized carbons (Fsp3) is 0.438. The molecule has 1 aromatic heterocycles. The van der Waals surface area contributed by atoms with Crippen molar-refractivity contribution in [1.82, 2.24) is 5.16 Å². The average molecular weight is 256 g/mol. The molecule has 1 atom stereocenters. The lowest BCUT2D eigenvalue weighted by Crippen LogP contribution is -2.15. The van der Waals surface area contributed by atoms with Gasteiger partial charge in [-0.3, -0.25) is 0 Å². The summed E-state index contributed by atoms with van der Waals surface area (Å²) in [5.74, 6) is 0.468. The van der Waals surface area contributed by atoms with Crippen LogP contribution in [0, 0.1) is 13.8 Å². The topological polar surface area (TPSA) is 38.1 Å². The van der Waals surface area contributed by atoms with Crippen molar-refractivity contribution in [3.63, 3.8) is 0 Å². The van der Waals surface area contributed by atoms with Gasteiger partial charge >= 0.3 is 0 Å². The van der Waals surface area contributed by atoms with Crippen molar-refractivity contribution in [2.75, 3.05) is 12.4 Å². The molecule has 0 saturated heterocycles. The van der Waals surface area contributed by atoms with Gasteiger partial charge in [0.2, 0.25) is 0 Å². The van der Waals surface area contributed by atoms with Crippen LogP contribution in [0.1, 0.15) is 40.3 Å². The van der Waals surface area contributed by atoms with Gasteiger partial charge in [-0.25, -0.2) is 0 Å². The average Bonchev–Trinajstić information content (AvgIpc) is 2.91. The van der Waals surface area contributed by atoms with Gasteiger partial charge in [0.15, 0.2) is 0 Å². The molecule has 0 spiro atoms. The van der Waals surface area contributed by atoms with Gasteiger partial charge in [0, 0.05) is 13.0 Å². The van der Waals surface area contributed by atoms with E-state index < -0.39 is 0 Å². The van der Waals surface area contributed by atoms with Gasteiger partial charge in [-0.15, -0.1) is 0 Å². The molecule has 1 heterocycles. The molecule has 1 aromatic carbocycles. The monoisotopic (exact) mass is 256 g/mol. The zero-order valence-electron chi connectivity index (χ0n) is 11.8. The highest BCUT2D eigenvalue weighted by Gasteiger charge is 2.25. The van der Waals surface area contributed by atoms with Crippen LogP contribution < -0.4 is 5.32 Å². The van der Waals surface area contributed by atoms with Crippen LogP contribution in [0.4, 0.5) is 5.69 Å². The highest BCUT2D eigenvalue weighted by molar-refractivity contribution is 5.49. The predicted octanol–water partition coefficient (Wildman–Crippen LogP) is 3.61. The van der Waals surface area contributed by atoms with Gasteiger partial charge < -0.3 is 9.84 Å². The second-order valence-electron chi connectivity index (χ2n) is 5.45. The largest absolute Gasteiger partial charge is 0.384 e. The number of aryl methyl sites for hydroxylation is 1. The van der Waals surface area contributed by atoms with E-state index in [0.29, 0.717) is 5.92 Å². The Morgan fingerprint density at radius 2 is 2.16 bits per heavy atom. The molecule has 0 bridgehead atoms. The van der Waals surface area contributed by atoms with E-state index in [-0.39, 0.29) is 0 Å². The van der Waals surface area contributed by atoms with Crippen molar-refractivity contribution in [2.45, 2.75) is 39.0 Å². The zero-order valence-corrected chi connectivity index (χ0v) is 11.8. The molecule has 0 aliphatic heterocycles. The van der Waals surface area contributed by atoms with Crippen LogP contribution in [0.3, 0.4) is 0 Å². The van der Waals surface area contributed by atoms with Crippen LogP contribution in [0.5, 0.6) is 0 Å². The maximum Gasteiger partial charge on any atom is 0.147 e. The van der Waals surface area contributed by atoms with Crippen molar-refractivity contribution in [3.05, 3.63) is 46.3 Å². The summed E-state index contributed by atoms with van der Waals surface area (Å²) in [4.78, 5) is 0. The highest BCUT2D eigenvalue weighted by Crippen LogP contribution is 2.36. The number of rotatable bonds is 2. The second kappa shape index (κ2) is 4.72. The van der Waals surface area contributed by atoms with E-state index in [1.165, 1.54) is 16.7 Å². The summed E-state index contributed by atoms with van der Waals surface area (Å²) in [5.41, 5.74) is 7.98. The SMILES string of the molecule is CNc1conc1C1CCc2c(ccc(C)c2C)C1. The van der Waals surface area contributed by atoms with E-state index in [1.807, 2.05) is 7.05 Å². The Balaban J connectivity index is 1.93. The van der Waals surface area contributed by atoms with E-state index >= 15 is 0 Å². The highest BCUT2D eigenvalue weighted by atomic mass is 16.5. The van der Waals surface area contributed by atoms with Crippen molar-refractivity contribution in [1.29, 1.82) is 0 Å². The standard InChI is InChI=1S/C16H20N2O/c1-10-4-5-12-8-13(6-7-14(12)11(10)2)16-15(17-3)9-19-18-16/h4-5,9,13,17H,6-8H2,1-3H3. The number of fused-ring (bicyclic) bond motifs is 1. The molecule has 0 amide bonds. The molecule has 2 aromatic rings. The summed E-state index contributed by atoms with van der Waals surface area (Å²) in [7, 11) is 1.92. The molecular formula is C16H20N2O. The first-order chi connectivity index (χ1) is 9.20. The van der Waals surface area contributed by atoms with E-state index in [9.17, 15) is 0 Å². The molecule has 1 unspecified atom stereocenters. The second-order valence-corrected chi connectivity index (χ2v) is 5.45. The van der Waals surface area contributed by atoms with Crippen molar-refractivity contribution in [2.24, 2.45) is 0 Å². The quantitative estimate of drug-likeness (QED) is 0.892. The number of benzene rings is 1. The molecule has 0 radical (unpaired) electrons. The lowest BCUT2D eigenvalue weighted by atomic mass is 9.79. The molecular weight excluding hydrogens is 236 g/mol. The summed E-state index contributed by atoms with van der Waals surface area (Å²) >= 11 is 0. The first kappa shape index (κ1) is 12.3. The third-order valence-electron chi connectivity index (χ3n) is 4.43. The minimum atomic E-state index is 0.468. The maximum atomic E-state index is 5.11. The van der Waals surface area contributed by atoms with Gasteiger partial charge in [0.1, 0.15) is 12.0 Å².